The number of ether oxygens (including phenoxy) is 2. The monoisotopic (exact) mass is 384 g/mol. The summed E-state index contributed by atoms with van der Waals surface area (Å²) < 4.78 is 10.7. The van der Waals surface area contributed by atoms with Crippen LogP contribution in [0.5, 0.6) is 5.75 Å². The van der Waals surface area contributed by atoms with Crippen LogP contribution in [0.2, 0.25) is 0 Å². The van der Waals surface area contributed by atoms with Gasteiger partial charge in [0.05, 0.1) is 0 Å². The highest BCUT2D eigenvalue weighted by Crippen LogP contribution is 2.14. The zero-order chi connectivity index (χ0) is 20.4. The number of anilines is 1. The van der Waals surface area contributed by atoms with E-state index in [4.69, 9.17) is 9.47 Å². The second-order valence-electron chi connectivity index (χ2n) is 5.92. The standard InChI is InChI=1S/C21H24N2O5/c1-3-18(28-17-11-6-5-7-12-17)21(26)27-14-19(24)23-16-10-8-9-15(13-16)20(25)22-4-2/h5-13,18H,3-4,14H2,1-2H3,(H,22,25)(H,23,24)/t18-/m1/s1. The smallest absolute Gasteiger partial charge is 0.347 e. The summed E-state index contributed by atoms with van der Waals surface area (Å²) in [5, 5.41) is 5.29. The highest BCUT2D eigenvalue weighted by Gasteiger charge is 2.21. The van der Waals surface area contributed by atoms with Crippen molar-refractivity contribution in [2.24, 2.45) is 0 Å². The molecule has 2 amide bonds. The third kappa shape index (κ3) is 6.42. The summed E-state index contributed by atoms with van der Waals surface area (Å²) in [6.45, 7) is 3.68. The molecule has 7 nitrogen and oxygen atoms in total. The molecule has 0 spiro atoms. The highest BCUT2D eigenvalue weighted by atomic mass is 16.6. The van der Waals surface area contributed by atoms with Crippen molar-refractivity contribution in [3.05, 3.63) is 60.2 Å². The molecule has 7 heteroatoms. The topological polar surface area (TPSA) is 93.7 Å². The molecule has 1 atom stereocenters. The van der Waals surface area contributed by atoms with Crippen molar-refractivity contribution in [3.63, 3.8) is 0 Å². The molecule has 0 aliphatic carbocycles. The number of benzene rings is 2. The van der Waals surface area contributed by atoms with Crippen molar-refractivity contribution in [2.45, 2.75) is 26.4 Å². The van der Waals surface area contributed by atoms with Gasteiger partial charge in [-0.3, -0.25) is 9.59 Å². The van der Waals surface area contributed by atoms with Gasteiger partial charge in [0.1, 0.15) is 5.75 Å². The lowest BCUT2D eigenvalue weighted by atomic mass is 10.2. The Morgan fingerprint density at radius 3 is 2.43 bits per heavy atom. The van der Waals surface area contributed by atoms with Crippen LogP contribution in [0.3, 0.4) is 0 Å². The Morgan fingerprint density at radius 1 is 1.00 bits per heavy atom. The molecule has 0 heterocycles. The minimum absolute atomic E-state index is 0.228. The average Bonchev–Trinajstić information content (AvgIpc) is 2.71. The molecule has 0 aliphatic heterocycles. The first kappa shape index (κ1) is 21.0. The fourth-order valence-electron chi connectivity index (χ4n) is 2.39. The molecule has 2 aromatic rings. The first-order chi connectivity index (χ1) is 13.5. The largest absolute Gasteiger partial charge is 0.479 e. The van der Waals surface area contributed by atoms with Crippen LogP contribution in [-0.4, -0.2) is 37.0 Å². The van der Waals surface area contributed by atoms with Crippen LogP contribution in [0.15, 0.2) is 54.6 Å². The van der Waals surface area contributed by atoms with Crippen molar-refractivity contribution in [1.82, 2.24) is 5.32 Å². The van der Waals surface area contributed by atoms with E-state index in [-0.39, 0.29) is 5.91 Å². The van der Waals surface area contributed by atoms with E-state index in [1.165, 1.54) is 0 Å². The zero-order valence-corrected chi connectivity index (χ0v) is 15.9. The van der Waals surface area contributed by atoms with Crippen molar-refractivity contribution < 1.29 is 23.9 Å². The van der Waals surface area contributed by atoms with Gasteiger partial charge in [-0.1, -0.05) is 31.2 Å². The highest BCUT2D eigenvalue weighted by molar-refractivity contribution is 5.97. The SMILES string of the molecule is CCNC(=O)c1cccc(NC(=O)COC(=O)[C@@H](CC)Oc2ccccc2)c1. The van der Waals surface area contributed by atoms with E-state index in [0.717, 1.165) is 0 Å². The lowest BCUT2D eigenvalue weighted by molar-refractivity contribution is -0.154. The molecule has 0 aliphatic rings. The number of hydrogen-bond donors (Lipinski definition) is 2. The molecule has 0 unspecified atom stereocenters. The number of para-hydroxylation sites is 1. The van der Waals surface area contributed by atoms with Gasteiger partial charge < -0.3 is 20.1 Å². The van der Waals surface area contributed by atoms with Crippen LogP contribution >= 0.6 is 0 Å². The van der Waals surface area contributed by atoms with Gasteiger partial charge in [0.15, 0.2) is 12.7 Å². The lowest BCUT2D eigenvalue weighted by Crippen LogP contribution is -2.31. The Labute approximate surface area is 164 Å². The van der Waals surface area contributed by atoms with Gasteiger partial charge in [0.25, 0.3) is 11.8 Å². The van der Waals surface area contributed by atoms with Crippen LogP contribution in [0.1, 0.15) is 30.6 Å². The number of carbonyl (C=O) groups excluding carboxylic acids is 3. The molecule has 0 bridgehead atoms. The summed E-state index contributed by atoms with van der Waals surface area (Å²) in [4.78, 5) is 36.1. The molecule has 2 aromatic carbocycles. The summed E-state index contributed by atoms with van der Waals surface area (Å²) in [5.74, 6) is -0.791. The summed E-state index contributed by atoms with van der Waals surface area (Å²) in [6.07, 6.45) is -0.388. The number of carbonyl (C=O) groups is 3. The molecule has 0 saturated carbocycles. The fourth-order valence-corrected chi connectivity index (χ4v) is 2.39. The number of hydrogen-bond acceptors (Lipinski definition) is 5. The van der Waals surface area contributed by atoms with E-state index in [1.807, 2.05) is 13.0 Å². The van der Waals surface area contributed by atoms with Gasteiger partial charge in [-0.25, -0.2) is 4.79 Å². The van der Waals surface area contributed by atoms with Crippen LogP contribution < -0.4 is 15.4 Å². The Morgan fingerprint density at radius 2 is 1.75 bits per heavy atom. The van der Waals surface area contributed by atoms with Gasteiger partial charge in [0, 0.05) is 17.8 Å². The van der Waals surface area contributed by atoms with Crippen molar-refractivity contribution in [1.29, 1.82) is 0 Å². The molecule has 28 heavy (non-hydrogen) atoms. The Kier molecular flexibility index (Phi) is 8.02. The second-order valence-corrected chi connectivity index (χ2v) is 5.92. The van der Waals surface area contributed by atoms with Gasteiger partial charge in [0.2, 0.25) is 0 Å². The van der Waals surface area contributed by atoms with Gasteiger partial charge in [-0.15, -0.1) is 0 Å². The maximum Gasteiger partial charge on any atom is 0.347 e. The molecule has 148 valence electrons. The quantitative estimate of drug-likeness (QED) is 0.649. The van der Waals surface area contributed by atoms with Crippen LogP contribution in [0.25, 0.3) is 0 Å². The van der Waals surface area contributed by atoms with Gasteiger partial charge >= 0.3 is 5.97 Å². The zero-order valence-electron chi connectivity index (χ0n) is 15.9. The first-order valence-corrected chi connectivity index (χ1v) is 9.10. The molecular formula is C21H24N2O5. The predicted molar refractivity (Wildman–Crippen MR) is 105 cm³/mol. The van der Waals surface area contributed by atoms with Gasteiger partial charge in [-0.05, 0) is 43.7 Å². The minimum atomic E-state index is -0.795. The number of amides is 2. The maximum absolute atomic E-state index is 12.2. The number of esters is 1. The minimum Gasteiger partial charge on any atom is -0.479 e. The molecular weight excluding hydrogens is 360 g/mol. The Bertz CT molecular complexity index is 807. The normalized spacial score (nSPS) is 11.2. The van der Waals surface area contributed by atoms with E-state index < -0.39 is 24.6 Å². The Hall–Kier alpha value is -3.35. The fraction of sp³-hybridized carbons (Fsp3) is 0.286. The summed E-state index contributed by atoms with van der Waals surface area (Å²) >= 11 is 0. The summed E-state index contributed by atoms with van der Waals surface area (Å²) in [6, 6.07) is 15.4. The molecule has 2 N–H and O–H groups in total. The molecule has 2 rings (SSSR count). The molecule has 0 aromatic heterocycles. The summed E-state index contributed by atoms with van der Waals surface area (Å²) in [7, 11) is 0. The van der Waals surface area contributed by atoms with Crippen molar-refractivity contribution in [2.75, 3.05) is 18.5 Å². The number of rotatable bonds is 9. The van der Waals surface area contributed by atoms with Crippen LogP contribution in [0.4, 0.5) is 5.69 Å². The third-order valence-electron chi connectivity index (χ3n) is 3.75. The van der Waals surface area contributed by atoms with E-state index in [0.29, 0.717) is 30.0 Å². The summed E-state index contributed by atoms with van der Waals surface area (Å²) in [5.41, 5.74) is 0.872. The van der Waals surface area contributed by atoms with E-state index in [2.05, 4.69) is 10.6 Å². The van der Waals surface area contributed by atoms with Crippen LogP contribution in [-0.2, 0) is 14.3 Å². The van der Waals surface area contributed by atoms with Crippen molar-refractivity contribution >= 4 is 23.5 Å². The average molecular weight is 384 g/mol. The first-order valence-electron chi connectivity index (χ1n) is 9.10. The van der Waals surface area contributed by atoms with E-state index >= 15 is 0 Å². The van der Waals surface area contributed by atoms with E-state index in [9.17, 15) is 14.4 Å². The molecule has 0 fully saturated rings. The van der Waals surface area contributed by atoms with E-state index in [1.54, 1.807) is 55.5 Å². The molecule has 0 saturated heterocycles. The maximum atomic E-state index is 12.2. The second kappa shape index (κ2) is 10.7. The molecule has 0 radical (unpaired) electrons. The Balaban J connectivity index is 1.86. The van der Waals surface area contributed by atoms with Crippen molar-refractivity contribution in [3.8, 4) is 5.75 Å². The van der Waals surface area contributed by atoms with Crippen LogP contribution in [0, 0.1) is 0 Å². The number of nitrogens with one attached hydrogen (secondary N) is 2. The van der Waals surface area contributed by atoms with Gasteiger partial charge in [-0.2, -0.15) is 0 Å². The third-order valence-corrected chi connectivity index (χ3v) is 3.75. The lowest BCUT2D eigenvalue weighted by Gasteiger charge is -2.16. The predicted octanol–water partition coefficient (Wildman–Crippen LogP) is 2.78.